The summed E-state index contributed by atoms with van der Waals surface area (Å²) in [5.74, 6) is 0.350. The Morgan fingerprint density at radius 2 is 2.04 bits per heavy atom. The van der Waals surface area contributed by atoms with Crippen LogP contribution in [0.25, 0.3) is 0 Å². The highest BCUT2D eigenvalue weighted by Gasteiger charge is 2.26. The van der Waals surface area contributed by atoms with Gasteiger partial charge in [-0.05, 0) is 69.7 Å². The van der Waals surface area contributed by atoms with Gasteiger partial charge in [-0.15, -0.1) is 11.3 Å². The van der Waals surface area contributed by atoms with Crippen LogP contribution in [-0.4, -0.2) is 25.5 Å². The molecule has 0 fully saturated rings. The molecule has 1 aliphatic heterocycles. The summed E-state index contributed by atoms with van der Waals surface area (Å²) in [4.78, 5) is 28.0. The third-order valence-corrected chi connectivity index (χ3v) is 6.18. The van der Waals surface area contributed by atoms with Crippen LogP contribution in [0.2, 0.25) is 0 Å². The summed E-state index contributed by atoms with van der Waals surface area (Å²) in [5, 5.41) is 4.81. The van der Waals surface area contributed by atoms with Gasteiger partial charge in [0.15, 0.2) is 0 Å². The first-order valence-corrected chi connectivity index (χ1v) is 10.4. The molecule has 0 aliphatic carbocycles. The minimum Gasteiger partial charge on any atom is -0.497 e. The lowest BCUT2D eigenvalue weighted by atomic mass is 10.1. The van der Waals surface area contributed by atoms with Crippen LogP contribution in [0.5, 0.6) is 5.75 Å². The number of anilines is 2. The van der Waals surface area contributed by atoms with E-state index in [1.807, 2.05) is 35.7 Å². The van der Waals surface area contributed by atoms with E-state index in [-0.39, 0.29) is 11.8 Å². The second-order valence-corrected chi connectivity index (χ2v) is 8.13. The van der Waals surface area contributed by atoms with Gasteiger partial charge in [-0.1, -0.05) is 12.1 Å². The Balaban J connectivity index is 1.59. The number of hydrogen-bond donors (Lipinski definition) is 1. The zero-order valence-electron chi connectivity index (χ0n) is 15.1. The van der Waals surface area contributed by atoms with Crippen LogP contribution in [0.15, 0.2) is 58.4 Å². The maximum Gasteiger partial charge on any atom is 0.268 e. The lowest BCUT2D eigenvalue weighted by Gasteiger charge is -2.17. The van der Waals surface area contributed by atoms with Gasteiger partial charge in [0.25, 0.3) is 11.8 Å². The van der Waals surface area contributed by atoms with Crippen molar-refractivity contribution in [3.8, 4) is 5.75 Å². The van der Waals surface area contributed by atoms with E-state index in [0.29, 0.717) is 32.9 Å². The number of halogens is 1. The summed E-state index contributed by atoms with van der Waals surface area (Å²) >= 11 is 4.84. The maximum atomic E-state index is 12.8. The van der Waals surface area contributed by atoms with Gasteiger partial charge in [0.05, 0.1) is 17.6 Å². The molecule has 0 saturated heterocycles. The third kappa shape index (κ3) is 3.55. The minimum atomic E-state index is -0.250. The van der Waals surface area contributed by atoms with Crippen molar-refractivity contribution in [2.75, 3.05) is 23.9 Å². The zero-order valence-corrected chi connectivity index (χ0v) is 17.5. The smallest absolute Gasteiger partial charge is 0.268 e. The maximum absolute atomic E-state index is 12.8. The highest BCUT2D eigenvalue weighted by Crippen LogP contribution is 2.33. The van der Waals surface area contributed by atoms with Crippen LogP contribution in [0.4, 0.5) is 11.4 Å². The molecular formula is C21H17BrN2O3S. The van der Waals surface area contributed by atoms with Gasteiger partial charge in [0.2, 0.25) is 0 Å². The molecule has 1 aliphatic rings. The quantitative estimate of drug-likeness (QED) is 0.602. The van der Waals surface area contributed by atoms with Gasteiger partial charge in [0, 0.05) is 22.4 Å². The van der Waals surface area contributed by atoms with Crippen molar-refractivity contribution in [2.24, 2.45) is 0 Å². The molecule has 0 radical (unpaired) electrons. The number of nitrogens with one attached hydrogen (secondary N) is 1. The highest BCUT2D eigenvalue weighted by molar-refractivity contribution is 9.10. The molecule has 1 N–H and O–H groups in total. The number of carbonyl (C=O) groups is 2. The monoisotopic (exact) mass is 456 g/mol. The molecule has 3 aromatic rings. The van der Waals surface area contributed by atoms with E-state index >= 15 is 0 Å². The summed E-state index contributed by atoms with van der Waals surface area (Å²) < 4.78 is 5.88. The van der Waals surface area contributed by atoms with Crippen molar-refractivity contribution in [1.82, 2.24) is 0 Å². The number of nitrogens with zero attached hydrogens (tertiary/aromatic N) is 1. The zero-order chi connectivity index (χ0) is 19.7. The van der Waals surface area contributed by atoms with E-state index in [9.17, 15) is 9.59 Å². The number of benzene rings is 2. The Bertz CT molecular complexity index is 1050. The molecule has 5 nitrogen and oxygen atoms in total. The van der Waals surface area contributed by atoms with Crippen LogP contribution in [0, 0.1) is 0 Å². The minimum absolute atomic E-state index is 0.00670. The van der Waals surface area contributed by atoms with Crippen LogP contribution in [-0.2, 0) is 6.42 Å². The van der Waals surface area contributed by atoms with Gasteiger partial charge in [-0.2, -0.15) is 0 Å². The number of ether oxygens (including phenoxy) is 1. The molecule has 4 rings (SSSR count). The van der Waals surface area contributed by atoms with Crippen molar-refractivity contribution in [1.29, 1.82) is 0 Å². The first-order valence-electron chi connectivity index (χ1n) is 8.70. The number of thiophene rings is 1. The second kappa shape index (κ2) is 7.77. The summed E-state index contributed by atoms with van der Waals surface area (Å²) in [6.07, 6.45) is 0.808. The number of carbonyl (C=O) groups excluding carboxylic acids is 2. The molecule has 0 unspecified atom stereocenters. The van der Waals surface area contributed by atoms with Gasteiger partial charge >= 0.3 is 0 Å². The molecule has 2 amide bonds. The van der Waals surface area contributed by atoms with Gasteiger partial charge < -0.3 is 15.0 Å². The molecule has 0 bridgehead atoms. The Labute approximate surface area is 175 Å². The van der Waals surface area contributed by atoms with Crippen molar-refractivity contribution < 1.29 is 14.3 Å². The van der Waals surface area contributed by atoms with Crippen molar-refractivity contribution >= 4 is 50.5 Å². The van der Waals surface area contributed by atoms with E-state index in [1.165, 1.54) is 11.3 Å². The summed E-state index contributed by atoms with van der Waals surface area (Å²) in [7, 11) is 1.56. The van der Waals surface area contributed by atoms with E-state index in [2.05, 4.69) is 21.2 Å². The van der Waals surface area contributed by atoms with E-state index in [0.717, 1.165) is 17.7 Å². The first-order chi connectivity index (χ1) is 13.6. The molecule has 142 valence electrons. The van der Waals surface area contributed by atoms with E-state index in [1.54, 1.807) is 30.2 Å². The van der Waals surface area contributed by atoms with Crippen molar-refractivity contribution in [2.45, 2.75) is 6.42 Å². The molecule has 0 atom stereocenters. The Morgan fingerprint density at radius 1 is 1.18 bits per heavy atom. The molecule has 1 aromatic heterocycles. The lowest BCUT2D eigenvalue weighted by molar-refractivity contribution is 0.0991. The van der Waals surface area contributed by atoms with Crippen LogP contribution >= 0.6 is 27.3 Å². The topological polar surface area (TPSA) is 58.6 Å². The van der Waals surface area contributed by atoms with Gasteiger partial charge in [0.1, 0.15) is 5.75 Å². The molecule has 2 heterocycles. The lowest BCUT2D eigenvalue weighted by Crippen LogP contribution is -2.28. The summed E-state index contributed by atoms with van der Waals surface area (Å²) in [6.45, 7) is 0.644. The molecular weight excluding hydrogens is 440 g/mol. The predicted molar refractivity (Wildman–Crippen MR) is 115 cm³/mol. The van der Waals surface area contributed by atoms with Gasteiger partial charge in [-0.25, -0.2) is 0 Å². The molecule has 28 heavy (non-hydrogen) atoms. The molecule has 0 saturated carbocycles. The standard InChI is InChI=1S/C21H17BrN2O3S/c1-27-15-6-7-17(22)16(12-15)20(25)23-14-5-4-13-8-9-24(18(13)11-14)21(26)19-3-2-10-28-19/h2-7,10-12H,8-9H2,1H3,(H,23,25). The largest absolute Gasteiger partial charge is 0.497 e. The van der Waals surface area contributed by atoms with E-state index < -0.39 is 0 Å². The number of rotatable bonds is 4. The average Bonchev–Trinajstić information content (AvgIpc) is 3.37. The van der Waals surface area contributed by atoms with Crippen molar-refractivity contribution in [3.63, 3.8) is 0 Å². The molecule has 7 heteroatoms. The SMILES string of the molecule is COc1ccc(Br)c(C(=O)Nc2ccc3c(c2)N(C(=O)c2cccs2)CC3)c1. The van der Waals surface area contributed by atoms with Crippen LogP contribution in [0.3, 0.4) is 0 Å². The normalized spacial score (nSPS) is 12.6. The Morgan fingerprint density at radius 3 is 2.79 bits per heavy atom. The second-order valence-electron chi connectivity index (χ2n) is 6.33. The average molecular weight is 457 g/mol. The van der Waals surface area contributed by atoms with Crippen LogP contribution in [0.1, 0.15) is 25.6 Å². The summed E-state index contributed by atoms with van der Waals surface area (Å²) in [5.41, 5.74) is 3.07. The fourth-order valence-corrected chi connectivity index (χ4v) is 4.30. The number of methoxy groups -OCH3 is 1. The Kier molecular flexibility index (Phi) is 5.19. The fraction of sp³-hybridized carbons (Fsp3) is 0.143. The first kappa shape index (κ1) is 18.7. The highest BCUT2D eigenvalue weighted by atomic mass is 79.9. The Hall–Kier alpha value is -2.64. The van der Waals surface area contributed by atoms with Gasteiger partial charge in [-0.3, -0.25) is 9.59 Å². The predicted octanol–water partition coefficient (Wildman–Crippen LogP) is 4.97. The third-order valence-electron chi connectivity index (χ3n) is 4.63. The number of fused-ring (bicyclic) bond motifs is 1. The van der Waals surface area contributed by atoms with Crippen molar-refractivity contribution in [3.05, 3.63) is 74.4 Å². The van der Waals surface area contributed by atoms with E-state index in [4.69, 9.17) is 4.74 Å². The number of hydrogen-bond acceptors (Lipinski definition) is 4. The van der Waals surface area contributed by atoms with Crippen LogP contribution < -0.4 is 15.0 Å². The summed E-state index contributed by atoms with van der Waals surface area (Å²) in [6, 6.07) is 14.6. The number of amides is 2. The fourth-order valence-electron chi connectivity index (χ4n) is 3.20. The molecule has 0 spiro atoms. The molecule has 2 aromatic carbocycles.